The first-order valence-electron chi connectivity index (χ1n) is 6.47. The van der Waals surface area contributed by atoms with Gasteiger partial charge in [0.15, 0.2) is 0 Å². The molecule has 2 rings (SSSR count). The van der Waals surface area contributed by atoms with Crippen molar-refractivity contribution < 1.29 is 9.90 Å². The Bertz CT molecular complexity index is 423. The Balaban J connectivity index is 1.92. The molecule has 0 aliphatic carbocycles. The highest BCUT2D eigenvalue weighted by atomic mass is 16.4. The highest BCUT2D eigenvalue weighted by molar-refractivity contribution is 5.70. The number of benzene rings is 1. The molecule has 0 spiro atoms. The van der Waals surface area contributed by atoms with Crippen molar-refractivity contribution in [3.8, 4) is 0 Å². The van der Waals surface area contributed by atoms with Crippen molar-refractivity contribution in [1.29, 1.82) is 0 Å². The van der Waals surface area contributed by atoms with Crippen molar-refractivity contribution in [3.05, 3.63) is 35.4 Å². The molecule has 0 saturated carbocycles. The summed E-state index contributed by atoms with van der Waals surface area (Å²) >= 11 is 0. The predicted octanol–water partition coefficient (Wildman–Crippen LogP) is 2.55. The molecule has 1 aliphatic heterocycles. The number of carbonyl (C=O) groups is 1. The lowest BCUT2D eigenvalue weighted by Gasteiger charge is -2.19. The Morgan fingerprint density at radius 3 is 2.39 bits per heavy atom. The number of hydrogen-bond donors (Lipinski definition) is 1. The molecule has 0 aromatic heterocycles. The van der Waals surface area contributed by atoms with Gasteiger partial charge in [-0.15, -0.1) is 0 Å². The van der Waals surface area contributed by atoms with Gasteiger partial charge in [0.05, 0.1) is 6.42 Å². The Morgan fingerprint density at radius 2 is 1.89 bits per heavy atom. The molecule has 0 amide bonds. The smallest absolute Gasteiger partial charge is 0.307 e. The zero-order chi connectivity index (χ0) is 13.2. The van der Waals surface area contributed by atoms with Crippen LogP contribution in [0.5, 0.6) is 0 Å². The minimum Gasteiger partial charge on any atom is -0.481 e. The number of aliphatic carboxylic acids is 1. The zero-order valence-corrected chi connectivity index (χ0v) is 11.1. The van der Waals surface area contributed by atoms with E-state index >= 15 is 0 Å². The van der Waals surface area contributed by atoms with E-state index in [1.807, 2.05) is 24.3 Å². The molecule has 18 heavy (non-hydrogen) atoms. The van der Waals surface area contributed by atoms with Crippen LogP contribution in [-0.2, 0) is 17.8 Å². The minimum absolute atomic E-state index is 0.108. The molecule has 3 nitrogen and oxygen atoms in total. The quantitative estimate of drug-likeness (QED) is 0.889. The summed E-state index contributed by atoms with van der Waals surface area (Å²) in [5, 5.41) is 8.72. The van der Waals surface area contributed by atoms with Gasteiger partial charge in [0.2, 0.25) is 0 Å². The number of rotatable bonds is 4. The van der Waals surface area contributed by atoms with Gasteiger partial charge in [0.1, 0.15) is 0 Å². The van der Waals surface area contributed by atoms with E-state index < -0.39 is 5.97 Å². The van der Waals surface area contributed by atoms with Crippen molar-refractivity contribution in [3.63, 3.8) is 0 Å². The van der Waals surface area contributed by atoms with Crippen molar-refractivity contribution >= 4 is 5.97 Å². The standard InChI is InChI=1S/C15H21NO2/c1-15(2)7-8-16(11-15)10-13-5-3-12(4-6-13)9-14(17)18/h3-6H,7-11H2,1-2H3,(H,17,18). The second kappa shape index (κ2) is 5.11. The summed E-state index contributed by atoms with van der Waals surface area (Å²) in [6.07, 6.45) is 1.36. The molecule has 1 saturated heterocycles. The topological polar surface area (TPSA) is 40.5 Å². The normalized spacial score (nSPS) is 19.0. The van der Waals surface area contributed by atoms with E-state index in [1.54, 1.807) is 0 Å². The van der Waals surface area contributed by atoms with Gasteiger partial charge in [0.25, 0.3) is 0 Å². The molecule has 1 N–H and O–H groups in total. The number of hydrogen-bond acceptors (Lipinski definition) is 2. The second-order valence-electron chi connectivity index (χ2n) is 6.01. The van der Waals surface area contributed by atoms with Crippen LogP contribution < -0.4 is 0 Å². The molecular weight excluding hydrogens is 226 g/mol. The van der Waals surface area contributed by atoms with Crippen LogP contribution >= 0.6 is 0 Å². The first-order valence-corrected chi connectivity index (χ1v) is 6.47. The molecule has 1 aliphatic rings. The SMILES string of the molecule is CC1(C)CCN(Cc2ccc(CC(=O)O)cc2)C1. The van der Waals surface area contributed by atoms with Gasteiger partial charge in [-0.25, -0.2) is 0 Å². The van der Waals surface area contributed by atoms with Crippen LogP contribution in [0, 0.1) is 5.41 Å². The molecule has 1 heterocycles. The number of likely N-dealkylation sites (tertiary alicyclic amines) is 1. The summed E-state index contributed by atoms with van der Waals surface area (Å²) in [5.74, 6) is -0.774. The van der Waals surface area contributed by atoms with E-state index in [9.17, 15) is 4.79 Å². The fourth-order valence-corrected chi connectivity index (χ4v) is 2.55. The average Bonchev–Trinajstić information content (AvgIpc) is 2.60. The van der Waals surface area contributed by atoms with Crippen LogP contribution in [0.15, 0.2) is 24.3 Å². The lowest BCUT2D eigenvalue weighted by atomic mass is 9.93. The van der Waals surface area contributed by atoms with Crippen LogP contribution in [0.2, 0.25) is 0 Å². The summed E-state index contributed by atoms with van der Waals surface area (Å²) < 4.78 is 0. The first-order chi connectivity index (χ1) is 8.44. The fraction of sp³-hybridized carbons (Fsp3) is 0.533. The van der Waals surface area contributed by atoms with E-state index in [-0.39, 0.29) is 6.42 Å². The van der Waals surface area contributed by atoms with Crippen LogP contribution in [0.25, 0.3) is 0 Å². The molecule has 3 heteroatoms. The molecule has 0 atom stereocenters. The minimum atomic E-state index is -0.774. The van der Waals surface area contributed by atoms with E-state index in [0.717, 1.165) is 25.2 Å². The van der Waals surface area contributed by atoms with E-state index in [4.69, 9.17) is 5.11 Å². The van der Waals surface area contributed by atoms with Gasteiger partial charge >= 0.3 is 5.97 Å². The van der Waals surface area contributed by atoms with E-state index in [1.165, 1.54) is 12.0 Å². The Hall–Kier alpha value is -1.35. The van der Waals surface area contributed by atoms with Crippen LogP contribution in [-0.4, -0.2) is 29.1 Å². The number of carboxylic acid groups (broad SMARTS) is 1. The lowest BCUT2D eigenvalue weighted by molar-refractivity contribution is -0.136. The molecule has 0 radical (unpaired) electrons. The molecule has 1 aromatic rings. The summed E-state index contributed by atoms with van der Waals surface area (Å²) in [6, 6.07) is 7.93. The third kappa shape index (κ3) is 3.57. The molecule has 1 aromatic carbocycles. The van der Waals surface area contributed by atoms with Gasteiger partial charge < -0.3 is 5.11 Å². The molecule has 0 bridgehead atoms. The fourth-order valence-electron chi connectivity index (χ4n) is 2.55. The van der Waals surface area contributed by atoms with E-state index in [0.29, 0.717) is 5.41 Å². The zero-order valence-electron chi connectivity index (χ0n) is 11.1. The lowest BCUT2D eigenvalue weighted by Crippen LogP contribution is -2.22. The molecular formula is C15H21NO2. The van der Waals surface area contributed by atoms with Gasteiger partial charge in [-0.05, 0) is 29.5 Å². The molecule has 98 valence electrons. The Kier molecular flexibility index (Phi) is 3.71. The molecule has 0 unspecified atom stereocenters. The van der Waals surface area contributed by atoms with E-state index in [2.05, 4.69) is 18.7 Å². The van der Waals surface area contributed by atoms with Gasteiger partial charge in [-0.3, -0.25) is 9.69 Å². The maximum absolute atomic E-state index is 10.6. The van der Waals surface area contributed by atoms with Gasteiger partial charge in [-0.1, -0.05) is 38.1 Å². The average molecular weight is 247 g/mol. The summed E-state index contributed by atoms with van der Waals surface area (Å²) in [5.41, 5.74) is 2.57. The largest absolute Gasteiger partial charge is 0.481 e. The predicted molar refractivity (Wildman–Crippen MR) is 71.5 cm³/mol. The number of nitrogens with zero attached hydrogens (tertiary/aromatic N) is 1. The van der Waals surface area contributed by atoms with Crippen molar-refractivity contribution in [2.24, 2.45) is 5.41 Å². The highest BCUT2D eigenvalue weighted by Gasteiger charge is 2.28. The van der Waals surface area contributed by atoms with Gasteiger partial charge in [0, 0.05) is 13.1 Å². The van der Waals surface area contributed by atoms with Crippen LogP contribution in [0.4, 0.5) is 0 Å². The van der Waals surface area contributed by atoms with Crippen LogP contribution in [0.3, 0.4) is 0 Å². The third-order valence-corrected chi connectivity index (χ3v) is 3.54. The van der Waals surface area contributed by atoms with Crippen LogP contribution in [0.1, 0.15) is 31.4 Å². The maximum Gasteiger partial charge on any atom is 0.307 e. The maximum atomic E-state index is 10.6. The Morgan fingerprint density at radius 1 is 1.28 bits per heavy atom. The monoisotopic (exact) mass is 247 g/mol. The third-order valence-electron chi connectivity index (χ3n) is 3.54. The highest BCUT2D eigenvalue weighted by Crippen LogP contribution is 2.29. The number of carboxylic acids is 1. The van der Waals surface area contributed by atoms with Crippen molar-refractivity contribution in [1.82, 2.24) is 4.90 Å². The summed E-state index contributed by atoms with van der Waals surface area (Å²) in [4.78, 5) is 13.1. The molecule has 1 fully saturated rings. The summed E-state index contributed by atoms with van der Waals surface area (Å²) in [7, 11) is 0. The van der Waals surface area contributed by atoms with Crippen molar-refractivity contribution in [2.75, 3.05) is 13.1 Å². The van der Waals surface area contributed by atoms with Crippen molar-refractivity contribution in [2.45, 2.75) is 33.2 Å². The first kappa shape index (κ1) is 13.1. The Labute approximate surface area is 108 Å². The van der Waals surface area contributed by atoms with Gasteiger partial charge in [-0.2, -0.15) is 0 Å². The summed E-state index contributed by atoms with van der Waals surface area (Å²) in [6.45, 7) is 7.89. The second-order valence-corrected chi connectivity index (χ2v) is 6.01.